The molecule has 3 rings (SSSR count). The lowest BCUT2D eigenvalue weighted by Gasteiger charge is -2.24. The van der Waals surface area contributed by atoms with E-state index in [1.165, 1.54) is 6.07 Å². The molecule has 0 radical (unpaired) electrons. The van der Waals surface area contributed by atoms with Crippen LogP contribution in [0.1, 0.15) is 18.4 Å². The number of hydrogen-bond acceptors (Lipinski definition) is 3. The minimum Gasteiger partial charge on any atom is -0.492 e. The Labute approximate surface area is 148 Å². The lowest BCUT2D eigenvalue weighted by atomic mass is 10.2. The molecule has 0 aliphatic carbocycles. The maximum atomic E-state index is 13.0. The molecular weight excluding hydrogens is 346 g/mol. The molecule has 1 fully saturated rings. The summed E-state index contributed by atoms with van der Waals surface area (Å²) >= 11 is 6.03. The molecule has 0 spiro atoms. The molecule has 2 aromatic rings. The third kappa shape index (κ3) is 3.74. The van der Waals surface area contributed by atoms with E-state index in [4.69, 9.17) is 16.3 Å². The Morgan fingerprint density at radius 2 is 1.96 bits per heavy atom. The normalized spacial score (nSPS) is 18.7. The number of sulfonamides is 1. The smallest absolute Gasteiger partial charge is 0.243 e. The Kier molecular flexibility index (Phi) is 5.13. The van der Waals surface area contributed by atoms with Gasteiger partial charge in [-0.3, -0.25) is 0 Å². The molecular formula is C18H20ClNO3S. The van der Waals surface area contributed by atoms with E-state index in [1.54, 1.807) is 16.4 Å². The third-order valence-corrected chi connectivity index (χ3v) is 6.28. The van der Waals surface area contributed by atoms with E-state index in [-0.39, 0.29) is 10.9 Å². The van der Waals surface area contributed by atoms with Crippen LogP contribution in [-0.2, 0) is 10.0 Å². The third-order valence-electron chi connectivity index (χ3n) is 4.13. The second-order valence-corrected chi connectivity index (χ2v) is 8.33. The van der Waals surface area contributed by atoms with E-state index in [0.717, 1.165) is 24.2 Å². The van der Waals surface area contributed by atoms with Gasteiger partial charge in [0.1, 0.15) is 12.4 Å². The summed E-state index contributed by atoms with van der Waals surface area (Å²) in [4.78, 5) is 0.249. The lowest BCUT2D eigenvalue weighted by molar-refractivity contribution is 0.232. The van der Waals surface area contributed by atoms with Gasteiger partial charge in [-0.25, -0.2) is 8.42 Å². The summed E-state index contributed by atoms with van der Waals surface area (Å²) in [6, 6.07) is 14.2. The van der Waals surface area contributed by atoms with Gasteiger partial charge in [-0.2, -0.15) is 4.31 Å². The van der Waals surface area contributed by atoms with Gasteiger partial charge in [-0.05, 0) is 55.7 Å². The largest absolute Gasteiger partial charge is 0.492 e. The molecule has 128 valence electrons. The molecule has 0 N–H and O–H groups in total. The van der Waals surface area contributed by atoms with Crippen LogP contribution in [0.15, 0.2) is 53.4 Å². The number of benzene rings is 2. The van der Waals surface area contributed by atoms with Crippen LogP contribution in [0.5, 0.6) is 5.75 Å². The first-order valence-electron chi connectivity index (χ1n) is 7.94. The van der Waals surface area contributed by atoms with Gasteiger partial charge in [0, 0.05) is 11.6 Å². The topological polar surface area (TPSA) is 46.6 Å². The van der Waals surface area contributed by atoms with Crippen molar-refractivity contribution in [3.8, 4) is 5.75 Å². The molecule has 2 aromatic carbocycles. The van der Waals surface area contributed by atoms with E-state index < -0.39 is 10.0 Å². The standard InChI is InChI=1S/C18H20ClNO3S/c1-14-10-15(19)12-18(11-14)24(21,22)20-9-5-6-16(20)13-23-17-7-3-2-4-8-17/h2-4,7-8,10-12,16H,5-6,9,13H2,1H3. The fourth-order valence-corrected chi connectivity index (χ4v) is 5.15. The zero-order valence-electron chi connectivity index (χ0n) is 13.5. The quantitative estimate of drug-likeness (QED) is 0.807. The highest BCUT2D eigenvalue weighted by Crippen LogP contribution is 2.28. The molecule has 0 saturated carbocycles. The number of hydrogen-bond donors (Lipinski definition) is 0. The van der Waals surface area contributed by atoms with E-state index >= 15 is 0 Å². The Hall–Kier alpha value is -1.56. The summed E-state index contributed by atoms with van der Waals surface area (Å²) in [5, 5.41) is 0.435. The second kappa shape index (κ2) is 7.13. The minimum atomic E-state index is -3.57. The van der Waals surface area contributed by atoms with Gasteiger partial charge in [0.2, 0.25) is 10.0 Å². The highest BCUT2D eigenvalue weighted by molar-refractivity contribution is 7.89. The lowest BCUT2D eigenvalue weighted by Crippen LogP contribution is -2.39. The van der Waals surface area contributed by atoms with Crippen molar-refractivity contribution in [2.75, 3.05) is 13.2 Å². The van der Waals surface area contributed by atoms with Gasteiger partial charge in [-0.1, -0.05) is 29.8 Å². The summed E-state index contributed by atoms with van der Waals surface area (Å²) in [6.45, 7) is 2.70. The van der Waals surface area contributed by atoms with Crippen LogP contribution >= 0.6 is 11.6 Å². The van der Waals surface area contributed by atoms with Crippen molar-refractivity contribution in [1.82, 2.24) is 4.31 Å². The van der Waals surface area contributed by atoms with E-state index in [9.17, 15) is 8.42 Å². The van der Waals surface area contributed by atoms with Crippen molar-refractivity contribution in [1.29, 1.82) is 0 Å². The average Bonchev–Trinajstić information content (AvgIpc) is 3.02. The van der Waals surface area contributed by atoms with Crippen LogP contribution in [0.25, 0.3) is 0 Å². The number of nitrogens with zero attached hydrogens (tertiary/aromatic N) is 1. The molecule has 1 heterocycles. The van der Waals surface area contributed by atoms with Crippen LogP contribution in [-0.4, -0.2) is 31.9 Å². The predicted molar refractivity (Wildman–Crippen MR) is 95.0 cm³/mol. The SMILES string of the molecule is Cc1cc(Cl)cc(S(=O)(=O)N2CCCC2COc2ccccc2)c1. The van der Waals surface area contributed by atoms with Crippen LogP contribution in [0, 0.1) is 6.92 Å². The molecule has 0 amide bonds. The van der Waals surface area contributed by atoms with E-state index in [0.29, 0.717) is 18.2 Å². The maximum Gasteiger partial charge on any atom is 0.243 e. The Bertz CT molecular complexity index is 788. The molecule has 0 bridgehead atoms. The number of ether oxygens (including phenoxy) is 1. The fourth-order valence-electron chi connectivity index (χ4n) is 2.99. The van der Waals surface area contributed by atoms with Crippen molar-refractivity contribution < 1.29 is 13.2 Å². The van der Waals surface area contributed by atoms with Crippen molar-refractivity contribution >= 4 is 21.6 Å². The first-order valence-corrected chi connectivity index (χ1v) is 9.75. The van der Waals surface area contributed by atoms with Gasteiger partial charge in [0.15, 0.2) is 0 Å². The van der Waals surface area contributed by atoms with Crippen molar-refractivity contribution in [2.45, 2.75) is 30.7 Å². The molecule has 1 aliphatic rings. The second-order valence-electron chi connectivity index (χ2n) is 6.00. The monoisotopic (exact) mass is 365 g/mol. The van der Waals surface area contributed by atoms with E-state index in [2.05, 4.69) is 0 Å². The Morgan fingerprint density at radius 1 is 1.21 bits per heavy atom. The van der Waals surface area contributed by atoms with Crippen molar-refractivity contribution in [3.05, 3.63) is 59.1 Å². The molecule has 4 nitrogen and oxygen atoms in total. The van der Waals surface area contributed by atoms with Gasteiger partial charge < -0.3 is 4.74 Å². The van der Waals surface area contributed by atoms with Crippen LogP contribution < -0.4 is 4.74 Å². The van der Waals surface area contributed by atoms with Crippen molar-refractivity contribution in [2.24, 2.45) is 0 Å². The molecule has 1 aliphatic heterocycles. The minimum absolute atomic E-state index is 0.158. The summed E-state index contributed by atoms with van der Waals surface area (Å²) in [6.07, 6.45) is 1.63. The van der Waals surface area contributed by atoms with Crippen molar-refractivity contribution in [3.63, 3.8) is 0 Å². The Balaban J connectivity index is 1.78. The van der Waals surface area contributed by atoms with Crippen LogP contribution in [0.4, 0.5) is 0 Å². The number of para-hydroxylation sites is 1. The maximum absolute atomic E-state index is 13.0. The number of aryl methyl sites for hydroxylation is 1. The van der Waals surface area contributed by atoms with Gasteiger partial charge in [-0.15, -0.1) is 0 Å². The predicted octanol–water partition coefficient (Wildman–Crippen LogP) is 3.88. The first-order chi connectivity index (χ1) is 11.5. The van der Waals surface area contributed by atoms with Gasteiger partial charge >= 0.3 is 0 Å². The number of rotatable bonds is 5. The molecule has 24 heavy (non-hydrogen) atoms. The van der Waals surface area contributed by atoms with E-state index in [1.807, 2.05) is 37.3 Å². The molecule has 1 saturated heterocycles. The van der Waals surface area contributed by atoms with Gasteiger partial charge in [0.05, 0.1) is 10.9 Å². The summed E-state index contributed by atoms with van der Waals surface area (Å²) in [5.41, 5.74) is 0.831. The highest BCUT2D eigenvalue weighted by Gasteiger charge is 2.35. The van der Waals surface area contributed by atoms with Crippen LogP contribution in [0.2, 0.25) is 5.02 Å². The summed E-state index contributed by atoms with van der Waals surface area (Å²) < 4.78 is 33.3. The fraction of sp³-hybridized carbons (Fsp3) is 0.333. The molecule has 0 aromatic heterocycles. The molecule has 1 atom stereocenters. The Morgan fingerprint density at radius 3 is 2.67 bits per heavy atom. The summed E-state index contributed by atoms with van der Waals surface area (Å²) in [7, 11) is -3.57. The summed E-state index contributed by atoms with van der Waals surface area (Å²) in [5.74, 6) is 0.750. The van der Waals surface area contributed by atoms with Gasteiger partial charge in [0.25, 0.3) is 0 Å². The zero-order chi connectivity index (χ0) is 17.2. The zero-order valence-corrected chi connectivity index (χ0v) is 15.1. The molecule has 1 unspecified atom stereocenters. The number of halogens is 1. The average molecular weight is 366 g/mol. The van der Waals surface area contributed by atoms with Crippen LogP contribution in [0.3, 0.4) is 0 Å². The highest BCUT2D eigenvalue weighted by atomic mass is 35.5. The molecule has 6 heteroatoms. The first kappa shape index (κ1) is 17.3.